The van der Waals surface area contributed by atoms with E-state index < -0.39 is 22.8 Å². The molecule has 0 unspecified atom stereocenters. The minimum atomic E-state index is -0.856. The molecule has 2 rings (SSSR count). The number of rotatable bonds is 18. The van der Waals surface area contributed by atoms with Crippen molar-refractivity contribution in [2.75, 3.05) is 98.3 Å². The highest BCUT2D eigenvalue weighted by Crippen LogP contribution is 2.21. The summed E-state index contributed by atoms with van der Waals surface area (Å²) < 4.78 is 22.5. The molecule has 17 heteroatoms. The lowest BCUT2D eigenvalue weighted by atomic mass is 10.1. The minimum absolute atomic E-state index is 0.0293. The molecule has 0 atom stereocenters. The standard InChI is InChI=1S/C42H69N5O11S/c1-40(2,3)56-36(51)29-45-20-18-44(28-34(48)43-17-27-55-26-16-39(54)59-33-13-10-32(11-14-33)12-15-35(49)50)19-21-46(30-37(52)57-41(4,5)6)23-25-47(24-22-45)31-38(53)58-42(7,8)9/h10-11,13-14H,12,15-31H2,1-9H3,(H,43,48)(H,49,50). The Morgan fingerprint density at radius 3 is 1.36 bits per heavy atom. The van der Waals surface area contributed by atoms with E-state index in [-0.39, 0.29) is 87.7 Å². The van der Waals surface area contributed by atoms with E-state index in [2.05, 4.69) is 5.32 Å². The number of carboxylic acids is 1. The van der Waals surface area contributed by atoms with E-state index in [1.54, 1.807) is 12.1 Å². The predicted molar refractivity (Wildman–Crippen MR) is 225 cm³/mol. The summed E-state index contributed by atoms with van der Waals surface area (Å²) in [7, 11) is 0. The van der Waals surface area contributed by atoms with Crippen LogP contribution in [0.1, 0.15) is 80.7 Å². The Bertz CT molecular complexity index is 1460. The van der Waals surface area contributed by atoms with Crippen molar-refractivity contribution in [1.29, 1.82) is 0 Å². The second-order valence-electron chi connectivity index (χ2n) is 17.6. The monoisotopic (exact) mass is 851 g/mol. The number of aliphatic carboxylic acids is 1. The lowest BCUT2D eigenvalue weighted by Gasteiger charge is -2.34. The average Bonchev–Trinajstić information content (AvgIpc) is 3.08. The van der Waals surface area contributed by atoms with Crippen LogP contribution in [-0.2, 0) is 54.1 Å². The van der Waals surface area contributed by atoms with Gasteiger partial charge in [0.2, 0.25) is 5.91 Å². The van der Waals surface area contributed by atoms with Gasteiger partial charge in [-0.2, -0.15) is 0 Å². The van der Waals surface area contributed by atoms with Gasteiger partial charge in [0.25, 0.3) is 0 Å². The van der Waals surface area contributed by atoms with Crippen molar-refractivity contribution in [3.05, 3.63) is 29.8 Å². The van der Waals surface area contributed by atoms with E-state index >= 15 is 0 Å². The molecule has 334 valence electrons. The number of ether oxygens (including phenoxy) is 4. The number of thioether (sulfide) groups is 1. The predicted octanol–water partition coefficient (Wildman–Crippen LogP) is 3.09. The van der Waals surface area contributed by atoms with Crippen LogP contribution in [0.4, 0.5) is 0 Å². The lowest BCUT2D eigenvalue weighted by molar-refractivity contribution is -0.158. The fourth-order valence-electron chi connectivity index (χ4n) is 5.82. The van der Waals surface area contributed by atoms with Gasteiger partial charge in [-0.3, -0.25) is 48.4 Å². The van der Waals surface area contributed by atoms with Crippen LogP contribution in [0.25, 0.3) is 0 Å². The quantitative estimate of drug-likeness (QED) is 0.0950. The summed E-state index contributed by atoms with van der Waals surface area (Å²) in [6, 6.07) is 7.24. The molecule has 1 saturated heterocycles. The smallest absolute Gasteiger partial charge is 0.320 e. The van der Waals surface area contributed by atoms with E-state index in [1.807, 2.05) is 94.0 Å². The lowest BCUT2D eigenvalue weighted by Crippen LogP contribution is -2.50. The Morgan fingerprint density at radius 2 is 0.983 bits per heavy atom. The van der Waals surface area contributed by atoms with Gasteiger partial charge in [-0.25, -0.2) is 0 Å². The van der Waals surface area contributed by atoms with Gasteiger partial charge in [0.05, 0.1) is 39.4 Å². The molecule has 1 aromatic rings. The van der Waals surface area contributed by atoms with Crippen molar-refractivity contribution in [3.63, 3.8) is 0 Å². The van der Waals surface area contributed by atoms with Crippen molar-refractivity contribution in [1.82, 2.24) is 24.9 Å². The summed E-state index contributed by atoms with van der Waals surface area (Å²) in [6.45, 7) is 20.6. The maximum atomic E-state index is 13.2. The van der Waals surface area contributed by atoms with Crippen LogP contribution in [0.5, 0.6) is 0 Å². The fourth-order valence-corrected chi connectivity index (χ4v) is 6.54. The number of esters is 3. The first kappa shape index (κ1) is 51.5. The normalized spacial score (nSPS) is 16.0. The molecular weight excluding hydrogens is 783 g/mol. The number of hydrogen-bond acceptors (Lipinski definition) is 15. The molecule has 1 amide bonds. The third-order valence-electron chi connectivity index (χ3n) is 8.42. The van der Waals surface area contributed by atoms with Gasteiger partial charge in [0.15, 0.2) is 5.12 Å². The van der Waals surface area contributed by atoms with Gasteiger partial charge in [-0.05, 0) is 86.4 Å². The summed E-state index contributed by atoms with van der Waals surface area (Å²) >= 11 is 1.10. The third kappa shape index (κ3) is 26.3. The largest absolute Gasteiger partial charge is 0.481 e. The van der Waals surface area contributed by atoms with Crippen LogP contribution in [0.3, 0.4) is 0 Å². The molecule has 1 aliphatic heterocycles. The zero-order valence-electron chi connectivity index (χ0n) is 36.8. The molecule has 0 radical (unpaired) electrons. The van der Waals surface area contributed by atoms with E-state index in [0.717, 1.165) is 22.2 Å². The van der Waals surface area contributed by atoms with E-state index in [0.29, 0.717) is 58.8 Å². The molecule has 1 fully saturated rings. The summed E-state index contributed by atoms with van der Waals surface area (Å²) in [6.07, 6.45) is 0.664. The number of nitrogens with zero attached hydrogens (tertiary/aromatic N) is 4. The highest BCUT2D eigenvalue weighted by molar-refractivity contribution is 8.13. The molecule has 2 N–H and O–H groups in total. The SMILES string of the molecule is CC(C)(C)OC(=O)CN1CCN(CC(=O)NCCOCCC(=O)Sc2ccc(CCC(=O)O)cc2)CCN(CC(=O)OC(C)(C)C)CCN(CC(=O)OC(C)(C)C)CC1. The second kappa shape index (κ2) is 25.2. The van der Waals surface area contributed by atoms with Crippen molar-refractivity contribution in [3.8, 4) is 0 Å². The van der Waals surface area contributed by atoms with Gasteiger partial charge in [-0.15, -0.1) is 0 Å². The Kier molecular flexibility index (Phi) is 22.0. The van der Waals surface area contributed by atoms with Gasteiger partial charge < -0.3 is 29.4 Å². The van der Waals surface area contributed by atoms with E-state index in [9.17, 15) is 28.8 Å². The Balaban J connectivity index is 2.03. The molecule has 0 bridgehead atoms. The van der Waals surface area contributed by atoms with Gasteiger partial charge in [0, 0.05) is 76.6 Å². The van der Waals surface area contributed by atoms with E-state index in [1.165, 1.54) is 0 Å². The van der Waals surface area contributed by atoms with Gasteiger partial charge in [0.1, 0.15) is 16.8 Å². The zero-order chi connectivity index (χ0) is 44.2. The molecule has 1 heterocycles. The molecule has 1 aromatic carbocycles. The Morgan fingerprint density at radius 1 is 0.593 bits per heavy atom. The Hall–Kier alpha value is -3.61. The highest BCUT2D eigenvalue weighted by atomic mass is 32.2. The number of carbonyl (C=O) groups excluding carboxylic acids is 5. The zero-order valence-corrected chi connectivity index (χ0v) is 37.6. The van der Waals surface area contributed by atoms with Crippen molar-refractivity contribution >= 4 is 46.7 Å². The average molecular weight is 852 g/mol. The first-order valence-electron chi connectivity index (χ1n) is 20.4. The minimum Gasteiger partial charge on any atom is -0.481 e. The molecule has 0 aromatic heterocycles. The number of carboxylic acid groups (broad SMARTS) is 1. The van der Waals surface area contributed by atoms with Crippen LogP contribution in [0.2, 0.25) is 0 Å². The summed E-state index contributed by atoms with van der Waals surface area (Å²) in [4.78, 5) is 83.9. The number of aryl methyl sites for hydroxylation is 1. The molecule has 0 spiro atoms. The third-order valence-corrected chi connectivity index (χ3v) is 9.36. The second-order valence-corrected chi connectivity index (χ2v) is 18.7. The maximum absolute atomic E-state index is 13.2. The first-order chi connectivity index (χ1) is 27.4. The van der Waals surface area contributed by atoms with Crippen LogP contribution >= 0.6 is 11.8 Å². The molecule has 0 aliphatic carbocycles. The number of benzene rings is 1. The number of nitrogens with one attached hydrogen (secondary N) is 1. The molecule has 59 heavy (non-hydrogen) atoms. The molecular formula is C42H69N5O11S. The fraction of sp³-hybridized carbons (Fsp3) is 0.714. The Labute approximate surface area is 354 Å². The highest BCUT2D eigenvalue weighted by Gasteiger charge is 2.26. The van der Waals surface area contributed by atoms with Crippen LogP contribution < -0.4 is 5.32 Å². The summed E-state index contributed by atoms with van der Waals surface area (Å²) in [5, 5.41) is 11.7. The van der Waals surface area contributed by atoms with Crippen molar-refractivity contribution in [2.45, 2.75) is 103 Å². The van der Waals surface area contributed by atoms with Crippen molar-refractivity contribution in [2.24, 2.45) is 0 Å². The van der Waals surface area contributed by atoms with E-state index in [4.69, 9.17) is 24.1 Å². The van der Waals surface area contributed by atoms with Gasteiger partial charge >= 0.3 is 23.9 Å². The van der Waals surface area contributed by atoms with Gasteiger partial charge in [-0.1, -0.05) is 23.9 Å². The van der Waals surface area contributed by atoms with Crippen LogP contribution in [-0.4, -0.2) is 175 Å². The maximum Gasteiger partial charge on any atom is 0.320 e. The number of amides is 1. The topological polar surface area (TPSA) is 185 Å². The van der Waals surface area contributed by atoms with Crippen LogP contribution in [0, 0.1) is 0 Å². The molecule has 1 aliphatic rings. The number of carbonyl (C=O) groups is 6. The summed E-state index contributed by atoms with van der Waals surface area (Å²) in [5.41, 5.74) is -1.08. The first-order valence-corrected chi connectivity index (χ1v) is 21.2. The summed E-state index contributed by atoms with van der Waals surface area (Å²) in [5.74, 6) is -2.20. The molecule has 0 saturated carbocycles. The van der Waals surface area contributed by atoms with Crippen LogP contribution in [0.15, 0.2) is 29.2 Å². The molecule has 16 nitrogen and oxygen atoms in total. The number of hydrogen-bond donors (Lipinski definition) is 2. The van der Waals surface area contributed by atoms with Crippen molar-refractivity contribution < 1.29 is 52.8 Å².